The Labute approximate surface area is 166 Å². The number of nitrogens with one attached hydrogen (secondary N) is 2. The summed E-state index contributed by atoms with van der Waals surface area (Å²) in [4.78, 5) is 16.3. The van der Waals surface area contributed by atoms with E-state index in [0.29, 0.717) is 28.0 Å². The van der Waals surface area contributed by atoms with Gasteiger partial charge in [-0.25, -0.2) is 4.98 Å². The van der Waals surface area contributed by atoms with Crippen molar-refractivity contribution in [3.8, 4) is 17.2 Å². The Morgan fingerprint density at radius 2 is 1.82 bits per heavy atom. The van der Waals surface area contributed by atoms with Gasteiger partial charge < -0.3 is 24.8 Å². The van der Waals surface area contributed by atoms with Crippen LogP contribution < -0.4 is 24.8 Å². The van der Waals surface area contributed by atoms with Gasteiger partial charge in [-0.1, -0.05) is 11.6 Å². The fourth-order valence-electron chi connectivity index (χ4n) is 2.54. The summed E-state index contributed by atoms with van der Waals surface area (Å²) in [5.41, 5.74) is 1.39. The van der Waals surface area contributed by atoms with E-state index in [4.69, 9.17) is 25.8 Å². The zero-order valence-electron chi connectivity index (χ0n) is 14.6. The van der Waals surface area contributed by atoms with Gasteiger partial charge in [0.05, 0.1) is 11.9 Å². The quantitative estimate of drug-likeness (QED) is 0.648. The lowest BCUT2D eigenvalue weighted by Gasteiger charge is -2.09. The van der Waals surface area contributed by atoms with Crippen molar-refractivity contribution in [1.29, 1.82) is 0 Å². The number of anilines is 3. The standard InChI is InChI=1S/C20H16ClN3O4/c21-13-1-5-16(6-2-13)26-11-20(25)24-15-4-8-19(22-10-15)23-14-3-7-17-18(9-14)28-12-27-17/h1-10H,11-12H2,(H,22,23)(H,24,25). The number of hydrogen-bond donors (Lipinski definition) is 2. The minimum atomic E-state index is -0.284. The Hall–Kier alpha value is -3.45. The molecular weight excluding hydrogens is 382 g/mol. The van der Waals surface area contributed by atoms with E-state index in [-0.39, 0.29) is 19.3 Å². The van der Waals surface area contributed by atoms with E-state index in [0.717, 1.165) is 11.4 Å². The molecule has 0 aliphatic carbocycles. The monoisotopic (exact) mass is 397 g/mol. The minimum absolute atomic E-state index is 0.112. The lowest BCUT2D eigenvalue weighted by molar-refractivity contribution is -0.118. The summed E-state index contributed by atoms with van der Waals surface area (Å²) in [6, 6.07) is 15.9. The molecule has 2 heterocycles. The molecular formula is C20H16ClN3O4. The molecule has 0 spiro atoms. The largest absolute Gasteiger partial charge is 0.484 e. The summed E-state index contributed by atoms with van der Waals surface area (Å²) in [5, 5.41) is 6.51. The van der Waals surface area contributed by atoms with Gasteiger partial charge >= 0.3 is 0 Å². The summed E-state index contributed by atoms with van der Waals surface area (Å²) in [6.45, 7) is 0.117. The first-order chi connectivity index (χ1) is 13.7. The predicted molar refractivity (Wildman–Crippen MR) is 106 cm³/mol. The van der Waals surface area contributed by atoms with Gasteiger partial charge in [-0.2, -0.15) is 0 Å². The molecule has 0 saturated carbocycles. The number of carbonyl (C=O) groups is 1. The van der Waals surface area contributed by atoms with Gasteiger partial charge in [0.1, 0.15) is 11.6 Å². The zero-order chi connectivity index (χ0) is 19.3. The van der Waals surface area contributed by atoms with Crippen molar-refractivity contribution in [2.75, 3.05) is 24.0 Å². The molecule has 28 heavy (non-hydrogen) atoms. The highest BCUT2D eigenvalue weighted by atomic mass is 35.5. The lowest BCUT2D eigenvalue weighted by atomic mass is 10.2. The number of carbonyl (C=O) groups excluding carboxylic acids is 1. The number of aromatic nitrogens is 1. The molecule has 1 aliphatic heterocycles. The molecule has 1 amide bonds. The second-order valence-corrected chi connectivity index (χ2v) is 6.35. The van der Waals surface area contributed by atoms with E-state index in [1.807, 2.05) is 18.2 Å². The Morgan fingerprint density at radius 3 is 2.61 bits per heavy atom. The minimum Gasteiger partial charge on any atom is -0.484 e. The second-order valence-electron chi connectivity index (χ2n) is 5.92. The predicted octanol–water partition coefficient (Wildman–Crippen LogP) is 4.22. The fourth-order valence-corrected chi connectivity index (χ4v) is 2.67. The molecule has 142 valence electrons. The van der Waals surface area contributed by atoms with E-state index < -0.39 is 0 Å². The van der Waals surface area contributed by atoms with Gasteiger partial charge in [0.15, 0.2) is 18.1 Å². The number of nitrogens with zero attached hydrogens (tertiary/aromatic N) is 1. The third-order valence-corrected chi connectivity index (χ3v) is 4.13. The molecule has 0 atom stereocenters. The van der Waals surface area contributed by atoms with E-state index in [2.05, 4.69) is 15.6 Å². The van der Waals surface area contributed by atoms with Crippen LogP contribution in [0.5, 0.6) is 17.2 Å². The molecule has 7 nitrogen and oxygen atoms in total. The van der Waals surface area contributed by atoms with Crippen LogP contribution in [0, 0.1) is 0 Å². The summed E-state index contributed by atoms with van der Waals surface area (Å²) >= 11 is 5.81. The highest BCUT2D eigenvalue weighted by Gasteiger charge is 2.13. The molecule has 2 aromatic carbocycles. The van der Waals surface area contributed by atoms with Crippen LogP contribution in [-0.4, -0.2) is 24.3 Å². The summed E-state index contributed by atoms with van der Waals surface area (Å²) in [5.74, 6) is 2.33. The molecule has 0 fully saturated rings. The highest BCUT2D eigenvalue weighted by molar-refractivity contribution is 6.30. The first kappa shape index (κ1) is 17.9. The van der Waals surface area contributed by atoms with Crippen LogP contribution in [0.15, 0.2) is 60.8 Å². The molecule has 1 aliphatic rings. The Bertz CT molecular complexity index is 978. The van der Waals surface area contributed by atoms with Crippen LogP contribution in [-0.2, 0) is 4.79 Å². The second kappa shape index (κ2) is 8.06. The van der Waals surface area contributed by atoms with Crippen LogP contribution in [0.1, 0.15) is 0 Å². The number of pyridine rings is 1. The van der Waals surface area contributed by atoms with Crippen LogP contribution in [0.2, 0.25) is 5.02 Å². The number of benzene rings is 2. The molecule has 0 saturated heterocycles. The highest BCUT2D eigenvalue weighted by Crippen LogP contribution is 2.34. The average molecular weight is 398 g/mol. The molecule has 1 aromatic heterocycles. The average Bonchev–Trinajstić information content (AvgIpc) is 3.17. The fraction of sp³-hybridized carbons (Fsp3) is 0.100. The van der Waals surface area contributed by atoms with E-state index in [1.54, 1.807) is 42.6 Å². The van der Waals surface area contributed by atoms with Crippen LogP contribution in [0.25, 0.3) is 0 Å². The molecule has 2 N–H and O–H groups in total. The van der Waals surface area contributed by atoms with Crippen molar-refractivity contribution in [2.45, 2.75) is 0 Å². The maximum Gasteiger partial charge on any atom is 0.262 e. The van der Waals surface area contributed by atoms with E-state index >= 15 is 0 Å². The normalized spacial score (nSPS) is 11.8. The number of fused-ring (bicyclic) bond motifs is 1. The number of ether oxygens (including phenoxy) is 3. The van der Waals surface area contributed by atoms with Gasteiger partial charge in [0.25, 0.3) is 5.91 Å². The van der Waals surface area contributed by atoms with E-state index in [9.17, 15) is 4.79 Å². The molecule has 0 bridgehead atoms. The van der Waals surface area contributed by atoms with Crippen molar-refractivity contribution in [1.82, 2.24) is 4.98 Å². The maximum absolute atomic E-state index is 12.0. The van der Waals surface area contributed by atoms with Crippen molar-refractivity contribution in [2.24, 2.45) is 0 Å². The Morgan fingerprint density at radius 1 is 1.04 bits per heavy atom. The first-order valence-corrected chi connectivity index (χ1v) is 8.84. The molecule has 8 heteroatoms. The topological polar surface area (TPSA) is 81.7 Å². The molecule has 0 radical (unpaired) electrons. The van der Waals surface area contributed by atoms with Crippen LogP contribution in [0.4, 0.5) is 17.2 Å². The van der Waals surface area contributed by atoms with E-state index in [1.165, 1.54) is 0 Å². The summed E-state index contributed by atoms with van der Waals surface area (Å²) < 4.78 is 16.0. The number of rotatable bonds is 6. The molecule has 0 unspecified atom stereocenters. The van der Waals surface area contributed by atoms with Gasteiger partial charge in [-0.15, -0.1) is 0 Å². The first-order valence-electron chi connectivity index (χ1n) is 8.47. The number of halogens is 1. The summed E-state index contributed by atoms with van der Waals surface area (Å²) in [6.07, 6.45) is 1.56. The number of amides is 1. The molecule has 3 aromatic rings. The van der Waals surface area contributed by atoms with Crippen molar-refractivity contribution in [3.63, 3.8) is 0 Å². The third kappa shape index (κ3) is 4.44. The zero-order valence-corrected chi connectivity index (χ0v) is 15.4. The smallest absolute Gasteiger partial charge is 0.262 e. The summed E-state index contributed by atoms with van der Waals surface area (Å²) in [7, 11) is 0. The van der Waals surface area contributed by atoms with Gasteiger partial charge in [0.2, 0.25) is 6.79 Å². The van der Waals surface area contributed by atoms with Gasteiger partial charge in [-0.3, -0.25) is 4.79 Å². The van der Waals surface area contributed by atoms with Crippen LogP contribution in [0.3, 0.4) is 0 Å². The van der Waals surface area contributed by atoms with Crippen molar-refractivity contribution >= 4 is 34.7 Å². The van der Waals surface area contributed by atoms with Crippen LogP contribution >= 0.6 is 11.6 Å². The SMILES string of the molecule is O=C(COc1ccc(Cl)cc1)Nc1ccc(Nc2ccc3c(c2)OCO3)nc1. The maximum atomic E-state index is 12.0. The van der Waals surface area contributed by atoms with Crippen molar-refractivity contribution < 1.29 is 19.0 Å². The third-order valence-electron chi connectivity index (χ3n) is 3.88. The molecule has 4 rings (SSSR count). The lowest BCUT2D eigenvalue weighted by Crippen LogP contribution is -2.20. The van der Waals surface area contributed by atoms with Crippen molar-refractivity contribution in [3.05, 3.63) is 65.8 Å². The Kier molecular flexibility index (Phi) is 5.16. The van der Waals surface area contributed by atoms with Gasteiger partial charge in [-0.05, 0) is 48.5 Å². The number of hydrogen-bond acceptors (Lipinski definition) is 6. The van der Waals surface area contributed by atoms with Gasteiger partial charge in [0, 0.05) is 16.8 Å². The Balaban J connectivity index is 1.30.